The average molecular weight is 330 g/mol. The van der Waals surface area contributed by atoms with Crippen molar-refractivity contribution in [1.29, 1.82) is 0 Å². The minimum absolute atomic E-state index is 0.136. The number of amides is 2. The topological polar surface area (TPSA) is 58.6 Å². The lowest BCUT2D eigenvalue weighted by Crippen LogP contribution is -2.39. The van der Waals surface area contributed by atoms with Gasteiger partial charge in [0.05, 0.1) is 6.54 Å². The van der Waals surface area contributed by atoms with E-state index in [4.69, 9.17) is 4.74 Å². The summed E-state index contributed by atoms with van der Waals surface area (Å²) in [6.07, 6.45) is 0. The summed E-state index contributed by atoms with van der Waals surface area (Å²) in [7, 11) is 1.60. The normalized spacial score (nSPS) is 10.1. The van der Waals surface area contributed by atoms with E-state index in [1.165, 1.54) is 17.0 Å². The summed E-state index contributed by atoms with van der Waals surface area (Å²) in [5.74, 6) is -0.416. The number of nitrogens with zero attached hydrogens (tertiary/aromatic N) is 1. The molecule has 0 radical (unpaired) electrons. The van der Waals surface area contributed by atoms with Gasteiger partial charge >= 0.3 is 0 Å². The van der Waals surface area contributed by atoms with Crippen LogP contribution in [0.25, 0.3) is 0 Å². The first-order valence-corrected chi connectivity index (χ1v) is 7.47. The molecule has 2 aromatic carbocycles. The zero-order valence-corrected chi connectivity index (χ0v) is 13.4. The fourth-order valence-corrected chi connectivity index (χ4v) is 2.02. The van der Waals surface area contributed by atoms with E-state index in [9.17, 15) is 14.0 Å². The molecule has 2 rings (SSSR count). The first-order valence-electron chi connectivity index (χ1n) is 7.47. The van der Waals surface area contributed by atoms with Gasteiger partial charge in [-0.2, -0.15) is 0 Å². The van der Waals surface area contributed by atoms with Crippen LogP contribution in [0.2, 0.25) is 0 Å². The molecule has 0 fully saturated rings. The van der Waals surface area contributed by atoms with Crippen LogP contribution in [0, 0.1) is 5.82 Å². The molecule has 0 heterocycles. The van der Waals surface area contributed by atoms with Gasteiger partial charge in [0.2, 0.25) is 5.91 Å². The van der Waals surface area contributed by atoms with Crippen LogP contribution in [0.5, 0.6) is 5.75 Å². The van der Waals surface area contributed by atoms with E-state index in [0.717, 1.165) is 0 Å². The molecule has 2 aromatic rings. The zero-order chi connectivity index (χ0) is 17.4. The van der Waals surface area contributed by atoms with Gasteiger partial charge in [0.15, 0.2) is 6.61 Å². The van der Waals surface area contributed by atoms with Crippen molar-refractivity contribution >= 4 is 11.8 Å². The maximum Gasteiger partial charge on any atom is 0.258 e. The van der Waals surface area contributed by atoms with Gasteiger partial charge in [0.25, 0.3) is 5.91 Å². The molecule has 24 heavy (non-hydrogen) atoms. The Morgan fingerprint density at radius 1 is 1.12 bits per heavy atom. The van der Waals surface area contributed by atoms with Crippen LogP contribution in [-0.4, -0.2) is 36.9 Å². The van der Waals surface area contributed by atoms with E-state index in [2.05, 4.69) is 5.32 Å². The van der Waals surface area contributed by atoms with Gasteiger partial charge < -0.3 is 15.0 Å². The number of carbonyl (C=O) groups excluding carboxylic acids is 2. The monoisotopic (exact) mass is 330 g/mol. The highest BCUT2D eigenvalue weighted by Gasteiger charge is 2.11. The number of ether oxygens (including phenoxy) is 1. The van der Waals surface area contributed by atoms with Crippen LogP contribution in [0.3, 0.4) is 0 Å². The number of likely N-dealkylation sites (N-methyl/N-ethyl adjacent to an activating group) is 1. The number of para-hydroxylation sites is 1. The van der Waals surface area contributed by atoms with Crippen LogP contribution in [-0.2, 0) is 16.1 Å². The average Bonchev–Trinajstić information content (AvgIpc) is 2.58. The predicted octanol–water partition coefficient (Wildman–Crippen LogP) is 1.98. The van der Waals surface area contributed by atoms with Gasteiger partial charge in [-0.15, -0.1) is 0 Å². The Morgan fingerprint density at radius 2 is 1.88 bits per heavy atom. The molecule has 126 valence electrons. The Bertz CT molecular complexity index is 692. The Balaban J connectivity index is 1.72. The minimum Gasteiger partial charge on any atom is -0.484 e. The fraction of sp³-hybridized carbons (Fsp3) is 0.222. The molecule has 0 unspecified atom stereocenters. The van der Waals surface area contributed by atoms with E-state index >= 15 is 0 Å². The number of hydrogen-bond donors (Lipinski definition) is 1. The largest absolute Gasteiger partial charge is 0.484 e. The summed E-state index contributed by atoms with van der Waals surface area (Å²) in [6.45, 7) is -0.0271. The Labute approximate surface area is 140 Å². The Kier molecular flexibility index (Phi) is 6.31. The van der Waals surface area contributed by atoms with E-state index < -0.39 is 0 Å². The van der Waals surface area contributed by atoms with Gasteiger partial charge in [-0.25, -0.2) is 4.39 Å². The van der Waals surface area contributed by atoms with Crippen molar-refractivity contribution in [2.75, 3.05) is 20.2 Å². The van der Waals surface area contributed by atoms with Gasteiger partial charge in [0.1, 0.15) is 11.6 Å². The van der Waals surface area contributed by atoms with Gasteiger partial charge in [-0.3, -0.25) is 9.59 Å². The van der Waals surface area contributed by atoms with Crippen LogP contribution in [0.4, 0.5) is 4.39 Å². The summed E-state index contributed by atoms with van der Waals surface area (Å²) in [5, 5.41) is 2.50. The highest BCUT2D eigenvalue weighted by atomic mass is 19.1. The predicted molar refractivity (Wildman–Crippen MR) is 87.8 cm³/mol. The van der Waals surface area contributed by atoms with E-state index in [1.807, 2.05) is 6.07 Å². The number of nitrogens with one attached hydrogen (secondary N) is 1. The second-order valence-electron chi connectivity index (χ2n) is 5.26. The molecular formula is C18H19FN2O3. The molecule has 0 aliphatic carbocycles. The molecule has 2 amide bonds. The number of carbonyl (C=O) groups is 2. The van der Waals surface area contributed by atoms with Gasteiger partial charge in [0, 0.05) is 13.6 Å². The minimum atomic E-state index is -0.383. The summed E-state index contributed by atoms with van der Waals surface area (Å²) in [5.41, 5.74) is 0.685. The molecule has 5 nitrogen and oxygen atoms in total. The molecule has 1 N–H and O–H groups in total. The number of benzene rings is 2. The summed E-state index contributed by atoms with van der Waals surface area (Å²) >= 11 is 0. The maximum absolute atomic E-state index is 13.1. The molecule has 6 heteroatoms. The highest BCUT2D eigenvalue weighted by Crippen LogP contribution is 2.08. The number of rotatable bonds is 7. The lowest BCUT2D eigenvalue weighted by atomic mass is 10.2. The fourth-order valence-electron chi connectivity index (χ4n) is 2.02. The van der Waals surface area contributed by atoms with Crippen molar-refractivity contribution in [2.45, 2.75) is 6.54 Å². The molecule has 0 aromatic heterocycles. The van der Waals surface area contributed by atoms with Crippen molar-refractivity contribution < 1.29 is 18.7 Å². The van der Waals surface area contributed by atoms with Gasteiger partial charge in [-0.1, -0.05) is 30.3 Å². The highest BCUT2D eigenvalue weighted by molar-refractivity contribution is 5.85. The third-order valence-electron chi connectivity index (χ3n) is 3.28. The van der Waals surface area contributed by atoms with Crippen molar-refractivity contribution in [3.05, 3.63) is 66.0 Å². The zero-order valence-electron chi connectivity index (χ0n) is 13.4. The van der Waals surface area contributed by atoms with Crippen LogP contribution in [0.1, 0.15) is 5.56 Å². The molecular weight excluding hydrogens is 311 g/mol. The molecule has 0 spiro atoms. The third kappa shape index (κ3) is 5.72. The molecule has 0 bridgehead atoms. The van der Waals surface area contributed by atoms with Crippen molar-refractivity contribution in [3.63, 3.8) is 0 Å². The van der Waals surface area contributed by atoms with E-state index in [1.54, 1.807) is 43.4 Å². The van der Waals surface area contributed by atoms with Crippen LogP contribution < -0.4 is 10.1 Å². The standard InChI is InChI=1S/C18H19FN2O3/c1-21(12-14-6-5-7-15(19)10-14)18(23)11-20-17(22)13-24-16-8-3-2-4-9-16/h2-10H,11-13H2,1H3,(H,20,22). The van der Waals surface area contributed by atoms with E-state index in [0.29, 0.717) is 11.3 Å². The van der Waals surface area contributed by atoms with Crippen LogP contribution in [0.15, 0.2) is 54.6 Å². The third-order valence-corrected chi connectivity index (χ3v) is 3.28. The summed E-state index contributed by atoms with van der Waals surface area (Å²) in [6, 6.07) is 15.0. The first kappa shape index (κ1) is 17.5. The Morgan fingerprint density at radius 3 is 2.58 bits per heavy atom. The second-order valence-corrected chi connectivity index (χ2v) is 5.26. The first-order chi connectivity index (χ1) is 11.5. The quantitative estimate of drug-likeness (QED) is 0.844. The van der Waals surface area contributed by atoms with Gasteiger partial charge in [-0.05, 0) is 29.8 Å². The van der Waals surface area contributed by atoms with Crippen molar-refractivity contribution in [1.82, 2.24) is 10.2 Å². The molecule has 0 saturated carbocycles. The molecule has 0 aliphatic rings. The summed E-state index contributed by atoms with van der Waals surface area (Å²) < 4.78 is 18.4. The lowest BCUT2D eigenvalue weighted by Gasteiger charge is -2.17. The lowest BCUT2D eigenvalue weighted by molar-refractivity contribution is -0.132. The smallest absolute Gasteiger partial charge is 0.258 e. The van der Waals surface area contributed by atoms with Crippen LogP contribution >= 0.6 is 0 Å². The maximum atomic E-state index is 13.1. The van der Waals surface area contributed by atoms with Crippen molar-refractivity contribution in [2.24, 2.45) is 0 Å². The second kappa shape index (κ2) is 8.67. The number of hydrogen-bond acceptors (Lipinski definition) is 3. The van der Waals surface area contributed by atoms with E-state index in [-0.39, 0.29) is 37.3 Å². The number of halogens is 1. The van der Waals surface area contributed by atoms with Crippen molar-refractivity contribution in [3.8, 4) is 5.75 Å². The molecule has 0 saturated heterocycles. The SMILES string of the molecule is CN(Cc1cccc(F)c1)C(=O)CNC(=O)COc1ccccc1. The molecule has 0 atom stereocenters. The summed E-state index contributed by atoms with van der Waals surface area (Å²) in [4.78, 5) is 25.1. The molecule has 0 aliphatic heterocycles. The Hall–Kier alpha value is -2.89.